The van der Waals surface area contributed by atoms with Gasteiger partial charge in [0.1, 0.15) is 12.4 Å². The topological polar surface area (TPSA) is 67.4 Å². The molecule has 0 aliphatic carbocycles. The standard InChI is InChI=1S/C24H23ClN2O3/c1-16-5-3-6-18(11-16)15-30-20-8-4-7-19(13-20)24(29)26-14-23(28)27-22-10-9-17(2)12-21(22)25/h3-13H,14-15H2,1-2H3,(H,26,29)(H,27,28). The van der Waals surface area contributed by atoms with Gasteiger partial charge in [0.05, 0.1) is 17.3 Å². The Bertz CT molecular complexity index is 1070. The third-order valence-corrected chi connectivity index (χ3v) is 4.71. The minimum Gasteiger partial charge on any atom is -0.489 e. The SMILES string of the molecule is Cc1cccc(COc2cccc(C(=O)NCC(=O)Nc3ccc(C)cc3Cl)c2)c1. The summed E-state index contributed by atoms with van der Waals surface area (Å²) in [5, 5.41) is 5.75. The molecule has 154 valence electrons. The van der Waals surface area contributed by atoms with Crippen LogP contribution in [0.25, 0.3) is 0 Å². The van der Waals surface area contributed by atoms with E-state index in [1.165, 1.54) is 0 Å². The van der Waals surface area contributed by atoms with Crippen molar-refractivity contribution in [3.8, 4) is 5.75 Å². The lowest BCUT2D eigenvalue weighted by atomic mass is 10.1. The Balaban J connectivity index is 1.53. The number of hydrogen-bond acceptors (Lipinski definition) is 3. The van der Waals surface area contributed by atoms with Gasteiger partial charge in [-0.2, -0.15) is 0 Å². The Hall–Kier alpha value is -3.31. The first-order valence-electron chi connectivity index (χ1n) is 9.53. The van der Waals surface area contributed by atoms with E-state index in [0.717, 1.165) is 16.7 Å². The van der Waals surface area contributed by atoms with Crippen LogP contribution in [-0.2, 0) is 11.4 Å². The number of amides is 2. The average molecular weight is 423 g/mol. The summed E-state index contributed by atoms with van der Waals surface area (Å²) in [4.78, 5) is 24.5. The molecule has 0 aromatic heterocycles. The highest BCUT2D eigenvalue weighted by molar-refractivity contribution is 6.33. The number of benzene rings is 3. The van der Waals surface area contributed by atoms with Crippen molar-refractivity contribution in [3.63, 3.8) is 0 Å². The number of halogens is 1. The van der Waals surface area contributed by atoms with Crippen LogP contribution in [-0.4, -0.2) is 18.4 Å². The lowest BCUT2D eigenvalue weighted by Crippen LogP contribution is -2.32. The number of hydrogen-bond donors (Lipinski definition) is 2. The summed E-state index contributed by atoms with van der Waals surface area (Å²) in [5.41, 5.74) is 4.13. The van der Waals surface area contributed by atoms with Gasteiger partial charge in [-0.05, 0) is 55.3 Å². The van der Waals surface area contributed by atoms with Gasteiger partial charge in [0, 0.05) is 5.56 Å². The number of nitrogens with one attached hydrogen (secondary N) is 2. The second kappa shape index (κ2) is 9.94. The number of ether oxygens (including phenoxy) is 1. The summed E-state index contributed by atoms with van der Waals surface area (Å²) in [6.45, 7) is 4.18. The quantitative estimate of drug-likeness (QED) is 0.568. The first-order valence-corrected chi connectivity index (χ1v) is 9.91. The average Bonchev–Trinajstić information content (AvgIpc) is 2.73. The zero-order valence-corrected chi connectivity index (χ0v) is 17.6. The lowest BCUT2D eigenvalue weighted by molar-refractivity contribution is -0.115. The number of carbonyl (C=O) groups is 2. The molecule has 0 fully saturated rings. The smallest absolute Gasteiger partial charge is 0.251 e. The van der Waals surface area contributed by atoms with Gasteiger partial charge in [-0.25, -0.2) is 0 Å². The van der Waals surface area contributed by atoms with Crippen molar-refractivity contribution >= 4 is 29.1 Å². The summed E-state index contributed by atoms with van der Waals surface area (Å²) in [7, 11) is 0. The van der Waals surface area contributed by atoms with Crippen LogP contribution >= 0.6 is 11.6 Å². The number of aryl methyl sites for hydroxylation is 2. The summed E-state index contributed by atoms with van der Waals surface area (Å²) < 4.78 is 5.79. The third kappa shape index (κ3) is 6.09. The van der Waals surface area contributed by atoms with Gasteiger partial charge in [0.25, 0.3) is 5.91 Å². The largest absolute Gasteiger partial charge is 0.489 e. The van der Waals surface area contributed by atoms with E-state index in [4.69, 9.17) is 16.3 Å². The molecule has 3 aromatic carbocycles. The highest BCUT2D eigenvalue weighted by Gasteiger charge is 2.11. The molecule has 30 heavy (non-hydrogen) atoms. The highest BCUT2D eigenvalue weighted by Crippen LogP contribution is 2.22. The molecular weight excluding hydrogens is 400 g/mol. The van der Waals surface area contributed by atoms with E-state index < -0.39 is 0 Å². The zero-order chi connectivity index (χ0) is 21.5. The summed E-state index contributed by atoms with van der Waals surface area (Å²) in [6, 6.07) is 20.2. The predicted molar refractivity (Wildman–Crippen MR) is 119 cm³/mol. The molecule has 6 heteroatoms. The number of rotatable bonds is 7. The second-order valence-corrected chi connectivity index (χ2v) is 7.43. The molecular formula is C24H23ClN2O3. The normalized spacial score (nSPS) is 10.4. The van der Waals surface area contributed by atoms with Crippen molar-refractivity contribution in [2.45, 2.75) is 20.5 Å². The fraction of sp³-hybridized carbons (Fsp3) is 0.167. The monoisotopic (exact) mass is 422 g/mol. The molecule has 0 atom stereocenters. The van der Waals surface area contributed by atoms with Crippen molar-refractivity contribution in [1.82, 2.24) is 5.32 Å². The molecule has 0 spiro atoms. The Labute approximate surface area is 181 Å². The maximum atomic E-state index is 12.4. The van der Waals surface area contributed by atoms with Crippen LogP contribution in [0.15, 0.2) is 66.7 Å². The van der Waals surface area contributed by atoms with Gasteiger partial charge < -0.3 is 15.4 Å². The van der Waals surface area contributed by atoms with Crippen LogP contribution in [0.1, 0.15) is 27.0 Å². The van der Waals surface area contributed by atoms with E-state index >= 15 is 0 Å². The highest BCUT2D eigenvalue weighted by atomic mass is 35.5. The molecule has 0 aliphatic heterocycles. The lowest BCUT2D eigenvalue weighted by Gasteiger charge is -2.10. The van der Waals surface area contributed by atoms with E-state index in [-0.39, 0.29) is 18.4 Å². The molecule has 0 unspecified atom stereocenters. The molecule has 0 bridgehead atoms. The summed E-state index contributed by atoms with van der Waals surface area (Å²) in [6.07, 6.45) is 0. The maximum absolute atomic E-state index is 12.4. The molecule has 2 N–H and O–H groups in total. The van der Waals surface area contributed by atoms with E-state index in [1.807, 2.05) is 38.1 Å². The first-order chi connectivity index (χ1) is 14.4. The molecule has 0 radical (unpaired) electrons. The maximum Gasteiger partial charge on any atom is 0.251 e. The molecule has 2 amide bonds. The van der Waals surface area contributed by atoms with Crippen LogP contribution < -0.4 is 15.4 Å². The summed E-state index contributed by atoms with van der Waals surface area (Å²) in [5.74, 6) is -0.137. The predicted octanol–water partition coefficient (Wildman–Crippen LogP) is 4.90. The molecule has 0 aliphatic rings. The fourth-order valence-corrected chi connectivity index (χ4v) is 3.16. The molecule has 0 saturated heterocycles. The number of carbonyl (C=O) groups excluding carboxylic acids is 2. The van der Waals surface area contributed by atoms with Crippen LogP contribution in [0.5, 0.6) is 5.75 Å². The second-order valence-electron chi connectivity index (χ2n) is 7.02. The van der Waals surface area contributed by atoms with E-state index in [1.54, 1.807) is 36.4 Å². The van der Waals surface area contributed by atoms with E-state index in [2.05, 4.69) is 16.7 Å². The Morgan fingerprint density at radius 1 is 0.933 bits per heavy atom. The van der Waals surface area contributed by atoms with Crippen LogP contribution in [0.2, 0.25) is 5.02 Å². The molecule has 0 heterocycles. The van der Waals surface area contributed by atoms with Gasteiger partial charge >= 0.3 is 0 Å². The van der Waals surface area contributed by atoms with Crippen molar-refractivity contribution < 1.29 is 14.3 Å². The molecule has 5 nitrogen and oxygen atoms in total. The van der Waals surface area contributed by atoms with Gasteiger partial charge in [-0.3, -0.25) is 9.59 Å². The first kappa shape index (κ1) is 21.4. The Kier molecular flexibility index (Phi) is 7.09. The summed E-state index contributed by atoms with van der Waals surface area (Å²) >= 11 is 6.12. The van der Waals surface area contributed by atoms with Crippen LogP contribution in [0.3, 0.4) is 0 Å². The van der Waals surface area contributed by atoms with Gasteiger partial charge in [0.2, 0.25) is 5.91 Å². The molecule has 3 aromatic rings. The van der Waals surface area contributed by atoms with Gasteiger partial charge in [-0.15, -0.1) is 0 Å². The van der Waals surface area contributed by atoms with E-state index in [0.29, 0.717) is 28.6 Å². The van der Waals surface area contributed by atoms with Crippen molar-refractivity contribution in [2.75, 3.05) is 11.9 Å². The minimum absolute atomic E-state index is 0.169. The Morgan fingerprint density at radius 2 is 1.70 bits per heavy atom. The molecule has 0 saturated carbocycles. The minimum atomic E-state index is -0.360. The number of anilines is 1. The Morgan fingerprint density at radius 3 is 2.47 bits per heavy atom. The van der Waals surface area contributed by atoms with Crippen LogP contribution in [0, 0.1) is 13.8 Å². The van der Waals surface area contributed by atoms with E-state index in [9.17, 15) is 9.59 Å². The van der Waals surface area contributed by atoms with Gasteiger partial charge in [-0.1, -0.05) is 53.6 Å². The van der Waals surface area contributed by atoms with Gasteiger partial charge in [0.15, 0.2) is 0 Å². The third-order valence-electron chi connectivity index (χ3n) is 4.39. The zero-order valence-electron chi connectivity index (χ0n) is 16.9. The van der Waals surface area contributed by atoms with Crippen molar-refractivity contribution in [2.24, 2.45) is 0 Å². The fourth-order valence-electron chi connectivity index (χ4n) is 2.87. The van der Waals surface area contributed by atoms with Crippen molar-refractivity contribution in [3.05, 3.63) is 94.0 Å². The molecule has 3 rings (SSSR count). The van der Waals surface area contributed by atoms with Crippen molar-refractivity contribution in [1.29, 1.82) is 0 Å². The van der Waals surface area contributed by atoms with Crippen LogP contribution in [0.4, 0.5) is 5.69 Å².